The van der Waals surface area contributed by atoms with Gasteiger partial charge in [-0.15, -0.1) is 0 Å². The fourth-order valence-electron chi connectivity index (χ4n) is 8.75. The third kappa shape index (κ3) is 6.43. The van der Waals surface area contributed by atoms with Crippen molar-refractivity contribution in [3.63, 3.8) is 0 Å². The molecule has 10 aromatic carbocycles. The second-order valence-corrected chi connectivity index (χ2v) is 15.5. The SMILES string of the molecule is Cc1cc(-c2ccc3ccc(-c4ccc(C5N=C(c6ccccc6)N=C(c6ccccc6)N5)cc4)cc3c2)cc(-c2ccc3c4ccccc4c4ccccc4c3c2)c1. The van der Waals surface area contributed by atoms with E-state index in [1.165, 1.54) is 76.5 Å². The van der Waals surface area contributed by atoms with Gasteiger partial charge in [-0.25, -0.2) is 9.98 Å². The van der Waals surface area contributed by atoms with Crippen LogP contribution in [0.25, 0.3) is 76.5 Å². The van der Waals surface area contributed by atoms with E-state index in [2.05, 4.69) is 182 Å². The molecule has 0 saturated carbocycles. The summed E-state index contributed by atoms with van der Waals surface area (Å²) < 4.78 is 0. The number of amidine groups is 2. The summed E-state index contributed by atoms with van der Waals surface area (Å²) in [6, 6.07) is 74.3. The minimum absolute atomic E-state index is 0.265. The second kappa shape index (κ2) is 14.4. The Morgan fingerprint density at radius 1 is 0.356 bits per heavy atom. The summed E-state index contributed by atoms with van der Waals surface area (Å²) in [7, 11) is 0. The van der Waals surface area contributed by atoms with Crippen molar-refractivity contribution >= 4 is 54.8 Å². The molecule has 278 valence electrons. The van der Waals surface area contributed by atoms with Crippen LogP contribution in [0.2, 0.25) is 0 Å². The summed E-state index contributed by atoms with van der Waals surface area (Å²) in [5.41, 5.74) is 11.6. The summed E-state index contributed by atoms with van der Waals surface area (Å²) in [5, 5.41) is 13.8. The Labute approximate surface area is 343 Å². The Hall–Kier alpha value is -7.62. The fourth-order valence-corrected chi connectivity index (χ4v) is 8.75. The van der Waals surface area contributed by atoms with Crippen molar-refractivity contribution < 1.29 is 0 Å². The molecule has 59 heavy (non-hydrogen) atoms. The summed E-state index contributed by atoms with van der Waals surface area (Å²) in [5.74, 6) is 1.54. The number of nitrogens with one attached hydrogen (secondary N) is 1. The molecule has 1 aliphatic rings. The van der Waals surface area contributed by atoms with Crippen molar-refractivity contribution in [3.05, 3.63) is 229 Å². The fraction of sp³-hybridized carbons (Fsp3) is 0.0357. The highest BCUT2D eigenvalue weighted by Crippen LogP contribution is 2.38. The van der Waals surface area contributed by atoms with E-state index in [-0.39, 0.29) is 6.17 Å². The quantitative estimate of drug-likeness (QED) is 0.169. The van der Waals surface area contributed by atoms with Gasteiger partial charge in [0.05, 0.1) is 0 Å². The molecular formula is C56H39N3. The molecule has 0 bridgehead atoms. The normalized spacial score (nSPS) is 14.0. The van der Waals surface area contributed by atoms with Gasteiger partial charge < -0.3 is 5.32 Å². The average molecular weight is 754 g/mol. The number of benzene rings is 10. The molecule has 10 aromatic rings. The average Bonchev–Trinajstić information content (AvgIpc) is 3.31. The highest BCUT2D eigenvalue weighted by molar-refractivity contribution is 6.25. The van der Waals surface area contributed by atoms with Gasteiger partial charge in [-0.3, -0.25) is 0 Å². The number of aryl methyl sites for hydroxylation is 1. The van der Waals surface area contributed by atoms with Crippen LogP contribution in [0.5, 0.6) is 0 Å². The van der Waals surface area contributed by atoms with E-state index in [0.717, 1.165) is 33.9 Å². The number of fused-ring (bicyclic) bond motifs is 7. The number of nitrogens with zero attached hydrogens (tertiary/aromatic N) is 2. The van der Waals surface area contributed by atoms with Crippen molar-refractivity contribution in [2.24, 2.45) is 9.98 Å². The molecule has 11 rings (SSSR count). The van der Waals surface area contributed by atoms with Crippen LogP contribution in [-0.4, -0.2) is 11.7 Å². The molecule has 1 unspecified atom stereocenters. The first-order chi connectivity index (χ1) is 29.1. The van der Waals surface area contributed by atoms with Crippen LogP contribution >= 0.6 is 0 Å². The molecule has 0 fully saturated rings. The van der Waals surface area contributed by atoms with Gasteiger partial charge in [-0.2, -0.15) is 0 Å². The van der Waals surface area contributed by atoms with Crippen molar-refractivity contribution in [3.8, 4) is 33.4 Å². The van der Waals surface area contributed by atoms with Crippen LogP contribution in [0.15, 0.2) is 216 Å². The zero-order valence-corrected chi connectivity index (χ0v) is 32.6. The number of rotatable bonds is 6. The molecule has 1 atom stereocenters. The zero-order valence-electron chi connectivity index (χ0n) is 32.6. The number of hydrogen-bond acceptors (Lipinski definition) is 3. The molecule has 0 amide bonds. The third-order valence-corrected chi connectivity index (χ3v) is 11.7. The van der Waals surface area contributed by atoms with Gasteiger partial charge in [-0.05, 0) is 119 Å². The topological polar surface area (TPSA) is 36.8 Å². The van der Waals surface area contributed by atoms with E-state index in [1.807, 2.05) is 36.4 Å². The lowest BCUT2D eigenvalue weighted by Crippen LogP contribution is -2.33. The molecule has 0 aliphatic carbocycles. The van der Waals surface area contributed by atoms with Crippen LogP contribution in [0.4, 0.5) is 0 Å². The van der Waals surface area contributed by atoms with Crippen LogP contribution in [0.3, 0.4) is 0 Å². The van der Waals surface area contributed by atoms with Gasteiger partial charge >= 0.3 is 0 Å². The maximum atomic E-state index is 5.07. The van der Waals surface area contributed by atoms with Crippen LogP contribution in [-0.2, 0) is 0 Å². The van der Waals surface area contributed by atoms with Crippen molar-refractivity contribution in [2.45, 2.75) is 13.1 Å². The minimum atomic E-state index is -0.265. The van der Waals surface area contributed by atoms with E-state index >= 15 is 0 Å². The lowest BCUT2D eigenvalue weighted by atomic mass is 9.90. The number of aliphatic imine (C=N–C) groups is 2. The zero-order chi connectivity index (χ0) is 39.3. The van der Waals surface area contributed by atoms with Crippen molar-refractivity contribution in [1.29, 1.82) is 0 Å². The van der Waals surface area contributed by atoms with Gasteiger partial charge in [-0.1, -0.05) is 182 Å². The van der Waals surface area contributed by atoms with Crippen LogP contribution in [0.1, 0.15) is 28.4 Å². The van der Waals surface area contributed by atoms with Gasteiger partial charge in [0.1, 0.15) is 12.0 Å². The van der Waals surface area contributed by atoms with E-state index in [9.17, 15) is 0 Å². The Kier molecular flexibility index (Phi) is 8.45. The Bertz CT molecular complexity index is 3250. The van der Waals surface area contributed by atoms with Crippen molar-refractivity contribution in [1.82, 2.24) is 5.32 Å². The molecule has 0 saturated heterocycles. The summed E-state index contributed by atoms with van der Waals surface area (Å²) in [6.07, 6.45) is -0.265. The molecule has 1 heterocycles. The Morgan fingerprint density at radius 2 is 0.847 bits per heavy atom. The molecular weight excluding hydrogens is 715 g/mol. The highest BCUT2D eigenvalue weighted by atomic mass is 15.2. The molecule has 0 aromatic heterocycles. The Balaban J connectivity index is 0.913. The van der Waals surface area contributed by atoms with E-state index < -0.39 is 0 Å². The van der Waals surface area contributed by atoms with E-state index in [4.69, 9.17) is 9.98 Å². The smallest absolute Gasteiger partial charge is 0.159 e. The number of hydrogen-bond donors (Lipinski definition) is 1. The summed E-state index contributed by atoms with van der Waals surface area (Å²) in [4.78, 5) is 10.00. The second-order valence-electron chi connectivity index (χ2n) is 15.5. The largest absolute Gasteiger partial charge is 0.344 e. The van der Waals surface area contributed by atoms with E-state index in [0.29, 0.717) is 0 Å². The van der Waals surface area contributed by atoms with Gasteiger partial charge in [0.15, 0.2) is 5.84 Å². The predicted molar refractivity (Wildman–Crippen MR) is 249 cm³/mol. The lowest BCUT2D eigenvalue weighted by molar-refractivity contribution is 0.674. The molecule has 1 aliphatic heterocycles. The van der Waals surface area contributed by atoms with Gasteiger partial charge in [0.2, 0.25) is 0 Å². The first-order valence-electron chi connectivity index (χ1n) is 20.2. The van der Waals surface area contributed by atoms with Crippen molar-refractivity contribution in [2.75, 3.05) is 0 Å². The maximum absolute atomic E-state index is 5.07. The highest BCUT2D eigenvalue weighted by Gasteiger charge is 2.21. The monoisotopic (exact) mass is 753 g/mol. The first kappa shape index (κ1) is 34.6. The van der Waals surface area contributed by atoms with Crippen LogP contribution in [0, 0.1) is 6.92 Å². The van der Waals surface area contributed by atoms with Crippen LogP contribution < -0.4 is 5.32 Å². The first-order valence-corrected chi connectivity index (χ1v) is 20.2. The van der Waals surface area contributed by atoms with Gasteiger partial charge in [0, 0.05) is 11.1 Å². The summed E-state index contributed by atoms with van der Waals surface area (Å²) in [6.45, 7) is 2.20. The molecule has 0 spiro atoms. The third-order valence-electron chi connectivity index (χ3n) is 11.7. The lowest BCUT2D eigenvalue weighted by Gasteiger charge is -2.23. The molecule has 0 radical (unpaired) electrons. The molecule has 1 N–H and O–H groups in total. The molecule has 3 nitrogen and oxygen atoms in total. The standard InChI is InChI=1S/C56H39N3/c1-36-30-45(34-46(31-36)44-28-29-52-50-18-9-8-16-48(50)49-17-10-11-19-51(49)53(52)35-44)43-27-23-38-22-26-42(32-47(38)33-43)37-20-24-41(25-21-37)56-58-54(39-12-4-2-5-13-39)57-55(59-56)40-14-6-3-7-15-40/h2-35,56H,1H3,(H,57,58,59). The maximum Gasteiger partial charge on any atom is 0.159 e. The molecule has 3 heteroatoms. The van der Waals surface area contributed by atoms with Gasteiger partial charge in [0.25, 0.3) is 0 Å². The van der Waals surface area contributed by atoms with E-state index in [1.54, 1.807) is 0 Å². The Morgan fingerprint density at radius 3 is 1.47 bits per heavy atom. The minimum Gasteiger partial charge on any atom is -0.344 e. The predicted octanol–water partition coefficient (Wildman–Crippen LogP) is 14.1. The summed E-state index contributed by atoms with van der Waals surface area (Å²) >= 11 is 0.